The Kier molecular flexibility index (Phi) is 9.83. The molecular formula is C22H32N6O5. The Bertz CT molecular complexity index is 975. The Balaban J connectivity index is 2.24. The molecule has 0 bridgehead atoms. The van der Waals surface area contributed by atoms with Crippen molar-refractivity contribution in [2.75, 3.05) is 13.1 Å². The zero-order valence-electron chi connectivity index (χ0n) is 18.6. The van der Waals surface area contributed by atoms with Crippen LogP contribution < -0.4 is 27.4 Å². The van der Waals surface area contributed by atoms with Crippen LogP contribution in [0.4, 0.5) is 0 Å². The molecule has 1 aromatic carbocycles. The zero-order chi connectivity index (χ0) is 24.4. The van der Waals surface area contributed by atoms with Gasteiger partial charge in [0.1, 0.15) is 18.1 Å². The number of carboxylic acids is 1. The largest absolute Gasteiger partial charge is 0.480 e. The number of fused-ring (bicyclic) bond motifs is 1. The monoisotopic (exact) mass is 460 g/mol. The van der Waals surface area contributed by atoms with E-state index in [0.717, 1.165) is 16.5 Å². The van der Waals surface area contributed by atoms with Crippen molar-refractivity contribution >= 4 is 34.6 Å². The third kappa shape index (κ3) is 7.58. The average Bonchev–Trinajstić information content (AvgIpc) is 3.20. The molecule has 0 fully saturated rings. The van der Waals surface area contributed by atoms with Crippen LogP contribution in [0.2, 0.25) is 0 Å². The van der Waals surface area contributed by atoms with Crippen LogP contribution >= 0.6 is 0 Å². The maximum absolute atomic E-state index is 13.0. The molecule has 3 amide bonds. The summed E-state index contributed by atoms with van der Waals surface area (Å²) in [6, 6.07) is 4.39. The molecule has 0 spiro atoms. The SMILES string of the molecule is CC(NC(=O)C(Cc1c[nH]c2ccccc12)NC(=O)C(CCCCN)NC(=O)CN)C(=O)O. The van der Waals surface area contributed by atoms with Crippen LogP contribution in [-0.4, -0.2) is 65.0 Å². The minimum absolute atomic E-state index is 0.119. The number of carbonyl (C=O) groups excluding carboxylic acids is 3. The Morgan fingerprint density at radius 3 is 2.36 bits per heavy atom. The number of aromatic amines is 1. The highest BCUT2D eigenvalue weighted by atomic mass is 16.4. The summed E-state index contributed by atoms with van der Waals surface area (Å²) in [4.78, 5) is 52.0. The lowest BCUT2D eigenvalue weighted by atomic mass is 10.0. The molecule has 0 radical (unpaired) electrons. The van der Waals surface area contributed by atoms with E-state index in [2.05, 4.69) is 20.9 Å². The fourth-order valence-corrected chi connectivity index (χ4v) is 3.39. The molecule has 33 heavy (non-hydrogen) atoms. The number of unbranched alkanes of at least 4 members (excludes halogenated alkanes) is 1. The van der Waals surface area contributed by atoms with E-state index in [1.807, 2.05) is 24.3 Å². The van der Waals surface area contributed by atoms with Gasteiger partial charge in [0.15, 0.2) is 0 Å². The molecule has 2 aromatic rings. The highest BCUT2D eigenvalue weighted by Gasteiger charge is 2.29. The first-order valence-corrected chi connectivity index (χ1v) is 10.8. The van der Waals surface area contributed by atoms with Gasteiger partial charge in [-0.3, -0.25) is 19.2 Å². The van der Waals surface area contributed by atoms with Gasteiger partial charge < -0.3 is 37.5 Å². The molecule has 11 nitrogen and oxygen atoms in total. The van der Waals surface area contributed by atoms with Gasteiger partial charge in [0.05, 0.1) is 6.54 Å². The number of H-pyrrole nitrogens is 1. The summed E-state index contributed by atoms with van der Waals surface area (Å²) in [5, 5.41) is 17.7. The first kappa shape index (κ1) is 25.8. The summed E-state index contributed by atoms with van der Waals surface area (Å²) in [5.74, 6) is -2.90. The van der Waals surface area contributed by atoms with Crippen molar-refractivity contribution in [1.82, 2.24) is 20.9 Å². The summed E-state index contributed by atoms with van der Waals surface area (Å²) in [6.07, 6.45) is 3.44. The highest BCUT2D eigenvalue weighted by Crippen LogP contribution is 2.19. The zero-order valence-corrected chi connectivity index (χ0v) is 18.6. The quantitative estimate of drug-likeness (QED) is 0.193. The van der Waals surface area contributed by atoms with E-state index in [9.17, 15) is 19.2 Å². The molecule has 0 aliphatic rings. The van der Waals surface area contributed by atoms with Crippen LogP contribution in [0, 0.1) is 0 Å². The van der Waals surface area contributed by atoms with Gasteiger partial charge in [0.2, 0.25) is 17.7 Å². The van der Waals surface area contributed by atoms with Crippen molar-refractivity contribution < 1.29 is 24.3 Å². The molecule has 9 N–H and O–H groups in total. The standard InChI is InChI=1S/C22H32N6O5/c1-13(22(32)33)26-21(31)18(10-14-12-25-16-7-3-2-6-15(14)16)28-20(30)17(8-4-5-9-23)27-19(29)11-24/h2-3,6-7,12-13,17-18,25H,4-5,8-11,23-24H2,1H3,(H,26,31)(H,27,29)(H,28,30)(H,32,33). The number of hydrogen-bond donors (Lipinski definition) is 7. The molecule has 0 aliphatic heterocycles. The molecule has 2 rings (SSSR count). The number of para-hydroxylation sites is 1. The number of aromatic nitrogens is 1. The summed E-state index contributed by atoms with van der Waals surface area (Å²) in [7, 11) is 0. The van der Waals surface area contributed by atoms with Crippen LogP contribution in [-0.2, 0) is 25.6 Å². The highest BCUT2D eigenvalue weighted by molar-refractivity contribution is 5.94. The summed E-state index contributed by atoms with van der Waals surface area (Å²) >= 11 is 0. The summed E-state index contributed by atoms with van der Waals surface area (Å²) in [6.45, 7) is 1.50. The van der Waals surface area contributed by atoms with Gasteiger partial charge in [-0.05, 0) is 44.4 Å². The van der Waals surface area contributed by atoms with Crippen molar-refractivity contribution in [1.29, 1.82) is 0 Å². The Labute approximate surface area is 191 Å². The number of rotatable bonds is 13. The van der Waals surface area contributed by atoms with Crippen molar-refractivity contribution in [2.24, 2.45) is 11.5 Å². The second-order valence-electron chi connectivity index (χ2n) is 7.80. The van der Waals surface area contributed by atoms with E-state index in [-0.39, 0.29) is 13.0 Å². The Morgan fingerprint density at radius 2 is 1.70 bits per heavy atom. The number of aliphatic carboxylic acids is 1. The molecule has 3 unspecified atom stereocenters. The van der Waals surface area contributed by atoms with Crippen molar-refractivity contribution in [3.8, 4) is 0 Å². The number of amides is 3. The number of nitrogens with two attached hydrogens (primary N) is 2. The molecule has 11 heteroatoms. The van der Waals surface area contributed by atoms with Crippen molar-refractivity contribution in [3.05, 3.63) is 36.0 Å². The fraction of sp³-hybridized carbons (Fsp3) is 0.455. The molecule has 3 atom stereocenters. The lowest BCUT2D eigenvalue weighted by Crippen LogP contribution is -2.56. The predicted molar refractivity (Wildman–Crippen MR) is 123 cm³/mol. The van der Waals surface area contributed by atoms with Gasteiger partial charge in [0.25, 0.3) is 0 Å². The lowest BCUT2D eigenvalue weighted by Gasteiger charge is -2.24. The molecule has 1 aromatic heterocycles. The fourth-order valence-electron chi connectivity index (χ4n) is 3.39. The number of carboxylic acid groups (broad SMARTS) is 1. The van der Waals surface area contributed by atoms with E-state index in [4.69, 9.17) is 16.6 Å². The molecule has 1 heterocycles. The van der Waals surface area contributed by atoms with E-state index < -0.39 is 41.8 Å². The maximum Gasteiger partial charge on any atom is 0.325 e. The van der Waals surface area contributed by atoms with E-state index in [0.29, 0.717) is 25.8 Å². The third-order valence-electron chi connectivity index (χ3n) is 5.25. The van der Waals surface area contributed by atoms with E-state index in [1.165, 1.54) is 6.92 Å². The topological polar surface area (TPSA) is 192 Å². The number of nitrogens with one attached hydrogen (secondary N) is 4. The van der Waals surface area contributed by atoms with Crippen LogP contribution in [0.25, 0.3) is 10.9 Å². The molecule has 0 aliphatic carbocycles. The Morgan fingerprint density at radius 1 is 1.00 bits per heavy atom. The minimum atomic E-state index is -1.20. The number of carbonyl (C=O) groups is 4. The molecule has 180 valence electrons. The van der Waals surface area contributed by atoms with Crippen LogP contribution in [0.15, 0.2) is 30.5 Å². The minimum Gasteiger partial charge on any atom is -0.480 e. The first-order chi connectivity index (χ1) is 15.8. The van der Waals surface area contributed by atoms with E-state index >= 15 is 0 Å². The van der Waals surface area contributed by atoms with Gasteiger partial charge >= 0.3 is 5.97 Å². The van der Waals surface area contributed by atoms with Crippen molar-refractivity contribution in [3.63, 3.8) is 0 Å². The predicted octanol–water partition coefficient (Wildman–Crippen LogP) is -0.643. The second kappa shape index (κ2) is 12.6. The van der Waals surface area contributed by atoms with Gasteiger partial charge in [-0.1, -0.05) is 18.2 Å². The second-order valence-corrected chi connectivity index (χ2v) is 7.80. The van der Waals surface area contributed by atoms with Gasteiger partial charge in [-0.2, -0.15) is 0 Å². The summed E-state index contributed by atoms with van der Waals surface area (Å²) < 4.78 is 0. The van der Waals surface area contributed by atoms with Crippen LogP contribution in [0.1, 0.15) is 31.7 Å². The van der Waals surface area contributed by atoms with Crippen LogP contribution in [0.3, 0.4) is 0 Å². The van der Waals surface area contributed by atoms with Crippen molar-refractivity contribution in [2.45, 2.75) is 50.7 Å². The number of benzene rings is 1. The molecular weight excluding hydrogens is 428 g/mol. The van der Waals surface area contributed by atoms with E-state index in [1.54, 1.807) is 6.20 Å². The summed E-state index contributed by atoms with van der Waals surface area (Å²) in [5.41, 5.74) is 12.5. The smallest absolute Gasteiger partial charge is 0.325 e. The van der Waals surface area contributed by atoms with Gasteiger partial charge in [0, 0.05) is 23.5 Å². The van der Waals surface area contributed by atoms with Gasteiger partial charge in [-0.25, -0.2) is 0 Å². The number of hydrogen-bond acceptors (Lipinski definition) is 6. The van der Waals surface area contributed by atoms with Crippen LogP contribution in [0.5, 0.6) is 0 Å². The molecule has 0 saturated carbocycles. The Hall–Kier alpha value is -3.44. The average molecular weight is 461 g/mol. The molecule has 0 saturated heterocycles. The van der Waals surface area contributed by atoms with Gasteiger partial charge in [-0.15, -0.1) is 0 Å². The lowest BCUT2D eigenvalue weighted by molar-refractivity contribution is -0.141. The maximum atomic E-state index is 13.0. The third-order valence-corrected chi connectivity index (χ3v) is 5.25. The first-order valence-electron chi connectivity index (χ1n) is 10.8. The normalized spacial score (nSPS) is 13.7.